The van der Waals surface area contributed by atoms with Crippen LogP contribution in [0.4, 0.5) is 4.79 Å². The number of nitrogens with one attached hydrogen (secondary N) is 1. The lowest BCUT2D eigenvalue weighted by atomic mass is 9.86. The summed E-state index contributed by atoms with van der Waals surface area (Å²) in [5.74, 6) is 1.61. The number of imidazole rings is 2. The first kappa shape index (κ1) is 40.4. The van der Waals surface area contributed by atoms with Crippen LogP contribution in [0.25, 0.3) is 22.8 Å². The molecule has 3 N–H and O–H groups in total. The Kier molecular flexibility index (Phi) is 12.6. The zero-order valence-corrected chi connectivity index (χ0v) is 33.4. The maximum absolute atomic E-state index is 12.6. The number of carbonyl (C=O) groups excluding carboxylic acids is 1. The van der Waals surface area contributed by atoms with Crippen molar-refractivity contribution in [2.45, 2.75) is 93.1 Å². The maximum Gasteiger partial charge on any atom is 0.408 e. The van der Waals surface area contributed by atoms with Gasteiger partial charge in [-0.3, -0.25) is 19.9 Å². The number of carbonyl (C=O) groups is 1. The number of nitrogens with zero attached hydrogens (tertiary/aromatic N) is 8. The highest BCUT2D eigenvalue weighted by Gasteiger charge is 2.34. The van der Waals surface area contributed by atoms with E-state index in [-0.39, 0.29) is 22.9 Å². The predicted molar refractivity (Wildman–Crippen MR) is 216 cm³/mol. The molecule has 0 spiro atoms. The molecular weight excluding hydrogens is 689 g/mol. The molecular formula is C43H54N10O2. The van der Waals surface area contributed by atoms with Crippen LogP contribution in [-0.2, 0) is 17.8 Å². The number of amides is 1. The Bertz CT molecular complexity index is 2100. The summed E-state index contributed by atoms with van der Waals surface area (Å²) in [5.41, 5.74) is 10.8. The fourth-order valence-electron chi connectivity index (χ4n) is 5.74. The normalized spacial score (nSPS) is 13.0. The smallest absolute Gasteiger partial charge is 0.408 e. The number of benzene rings is 2. The summed E-state index contributed by atoms with van der Waals surface area (Å²) in [6.07, 6.45) is 13.5. The number of rotatable bonds is 9. The molecule has 4 heterocycles. The van der Waals surface area contributed by atoms with Crippen LogP contribution in [-0.4, -0.2) is 50.7 Å². The predicted octanol–water partition coefficient (Wildman–Crippen LogP) is 8.43. The van der Waals surface area contributed by atoms with E-state index in [1.807, 2.05) is 69.6 Å². The molecule has 0 fully saturated rings. The van der Waals surface area contributed by atoms with Gasteiger partial charge in [-0.05, 0) is 42.7 Å². The number of nitrogens with two attached hydrogens (primary N) is 1. The first-order valence-corrected chi connectivity index (χ1v) is 18.5. The molecule has 0 saturated carbocycles. The van der Waals surface area contributed by atoms with E-state index >= 15 is 0 Å². The Hall–Kier alpha value is -5.75. The second-order valence-electron chi connectivity index (χ2n) is 16.7. The van der Waals surface area contributed by atoms with Gasteiger partial charge in [0.1, 0.15) is 40.0 Å². The number of ether oxygens (including phenoxy) is 1. The average Bonchev–Trinajstić information content (AvgIpc) is 3.75. The fourth-order valence-corrected chi connectivity index (χ4v) is 5.74. The van der Waals surface area contributed by atoms with Gasteiger partial charge in [-0.2, -0.15) is 0 Å². The zero-order chi connectivity index (χ0) is 39.8. The van der Waals surface area contributed by atoms with Gasteiger partial charge < -0.3 is 24.9 Å². The molecule has 55 heavy (non-hydrogen) atoms. The van der Waals surface area contributed by atoms with E-state index in [1.54, 1.807) is 37.2 Å². The van der Waals surface area contributed by atoms with Gasteiger partial charge in [-0.1, -0.05) is 102 Å². The molecule has 0 aliphatic rings. The standard InChI is InChI=1S/C24H31N5O2.C19H23N5/c1-23(2,3)20(28-22(30)31-24(4,5)6)21-27-19(18-14-25-12-13-26-18)16-29(21)15-17-10-8-7-9-11-17;1-19(2,3)17(20)18-23-16(15-11-21-9-10-22-15)13-24(18)12-14-7-5-4-6-8-14/h7-14,16,20H,15H2,1-6H3,(H,28,30);4-11,13,17H,12,20H2,1-3H3/t20-;17-/m00/s1. The van der Waals surface area contributed by atoms with Crippen LogP contribution in [0, 0.1) is 10.8 Å². The fraction of sp³-hybridized carbons (Fsp3) is 0.372. The van der Waals surface area contributed by atoms with Gasteiger partial charge in [0.05, 0.1) is 24.5 Å². The van der Waals surface area contributed by atoms with Crippen molar-refractivity contribution in [1.82, 2.24) is 44.4 Å². The molecule has 0 bridgehead atoms. The molecule has 0 unspecified atom stereocenters. The molecule has 0 aliphatic heterocycles. The van der Waals surface area contributed by atoms with Gasteiger partial charge in [-0.15, -0.1) is 0 Å². The first-order valence-electron chi connectivity index (χ1n) is 18.5. The molecule has 12 heteroatoms. The second-order valence-corrected chi connectivity index (χ2v) is 16.7. The molecule has 0 saturated heterocycles. The molecule has 1 amide bonds. The number of alkyl carbamates (subject to hydrolysis) is 1. The summed E-state index contributed by atoms with van der Waals surface area (Å²) < 4.78 is 9.71. The Balaban J connectivity index is 0.000000218. The quantitative estimate of drug-likeness (QED) is 0.149. The molecule has 12 nitrogen and oxygen atoms in total. The van der Waals surface area contributed by atoms with E-state index < -0.39 is 11.7 Å². The number of hydrogen-bond donors (Lipinski definition) is 2. The highest BCUT2D eigenvalue weighted by atomic mass is 16.6. The van der Waals surface area contributed by atoms with Crippen LogP contribution in [0.3, 0.4) is 0 Å². The van der Waals surface area contributed by atoms with Gasteiger partial charge in [0.15, 0.2) is 0 Å². The number of aromatic nitrogens is 8. The Morgan fingerprint density at radius 2 is 1.11 bits per heavy atom. The van der Waals surface area contributed by atoms with Crippen molar-refractivity contribution < 1.29 is 9.53 Å². The third kappa shape index (κ3) is 11.4. The molecule has 6 rings (SSSR count). The van der Waals surface area contributed by atoms with Gasteiger partial charge in [-0.25, -0.2) is 14.8 Å². The van der Waals surface area contributed by atoms with E-state index in [1.165, 1.54) is 5.56 Å². The van der Waals surface area contributed by atoms with Gasteiger partial charge >= 0.3 is 6.09 Å². The summed E-state index contributed by atoms with van der Waals surface area (Å²) in [7, 11) is 0. The third-order valence-corrected chi connectivity index (χ3v) is 8.65. The topological polar surface area (TPSA) is 152 Å². The van der Waals surface area contributed by atoms with Gasteiger partial charge in [0, 0.05) is 50.3 Å². The Morgan fingerprint density at radius 3 is 1.51 bits per heavy atom. The monoisotopic (exact) mass is 742 g/mol. The minimum atomic E-state index is -0.587. The van der Waals surface area contributed by atoms with Crippen LogP contribution in [0.5, 0.6) is 0 Å². The maximum atomic E-state index is 12.6. The minimum Gasteiger partial charge on any atom is -0.444 e. The lowest BCUT2D eigenvalue weighted by Gasteiger charge is -2.32. The number of hydrogen-bond acceptors (Lipinski definition) is 9. The second kappa shape index (κ2) is 17.2. The summed E-state index contributed by atoms with van der Waals surface area (Å²) in [6.45, 7) is 19.5. The summed E-state index contributed by atoms with van der Waals surface area (Å²) in [5, 5.41) is 3.04. The molecule has 6 aromatic rings. The largest absolute Gasteiger partial charge is 0.444 e. The van der Waals surface area contributed by atoms with Crippen molar-refractivity contribution in [1.29, 1.82) is 0 Å². The zero-order valence-electron chi connectivity index (χ0n) is 33.4. The lowest BCUT2D eigenvalue weighted by molar-refractivity contribution is 0.0456. The molecule has 288 valence electrons. The van der Waals surface area contributed by atoms with E-state index in [0.717, 1.165) is 35.1 Å². The summed E-state index contributed by atoms with van der Waals surface area (Å²) in [4.78, 5) is 39.3. The highest BCUT2D eigenvalue weighted by Crippen LogP contribution is 2.35. The van der Waals surface area contributed by atoms with E-state index in [9.17, 15) is 4.79 Å². The van der Waals surface area contributed by atoms with Crippen molar-refractivity contribution in [3.05, 3.63) is 133 Å². The van der Waals surface area contributed by atoms with Crippen molar-refractivity contribution in [2.75, 3.05) is 0 Å². The minimum absolute atomic E-state index is 0.0839. The Labute approximate surface area is 324 Å². The van der Waals surface area contributed by atoms with Crippen molar-refractivity contribution in [3.63, 3.8) is 0 Å². The van der Waals surface area contributed by atoms with E-state index in [4.69, 9.17) is 20.4 Å². The van der Waals surface area contributed by atoms with Crippen LogP contribution in [0.1, 0.15) is 97.2 Å². The summed E-state index contributed by atoms with van der Waals surface area (Å²) >= 11 is 0. The van der Waals surface area contributed by atoms with E-state index in [2.05, 4.69) is 100 Å². The van der Waals surface area contributed by atoms with E-state index in [0.29, 0.717) is 17.9 Å². The van der Waals surface area contributed by atoms with Crippen molar-refractivity contribution in [3.8, 4) is 22.8 Å². The van der Waals surface area contributed by atoms with Crippen LogP contribution >= 0.6 is 0 Å². The van der Waals surface area contributed by atoms with Gasteiger partial charge in [0.25, 0.3) is 0 Å². The Morgan fingerprint density at radius 1 is 0.655 bits per heavy atom. The van der Waals surface area contributed by atoms with Crippen LogP contribution in [0.15, 0.2) is 110 Å². The third-order valence-electron chi connectivity index (χ3n) is 8.65. The average molecular weight is 743 g/mol. The van der Waals surface area contributed by atoms with Crippen LogP contribution < -0.4 is 11.1 Å². The SMILES string of the molecule is CC(C)(C)OC(=O)N[C@@H](c1nc(-c2cnccn2)cn1Cc1ccccc1)C(C)(C)C.CC(C)(C)[C@@H](N)c1nc(-c2cnccn2)cn1Cc1ccccc1. The molecule has 2 atom stereocenters. The molecule has 4 aromatic heterocycles. The molecule has 2 aromatic carbocycles. The van der Waals surface area contributed by atoms with Gasteiger partial charge in [0.2, 0.25) is 0 Å². The lowest BCUT2D eigenvalue weighted by Crippen LogP contribution is -2.41. The first-order chi connectivity index (χ1) is 26.0. The summed E-state index contributed by atoms with van der Waals surface area (Å²) in [6, 6.07) is 19.9. The molecule has 0 radical (unpaired) electrons. The van der Waals surface area contributed by atoms with Crippen molar-refractivity contribution >= 4 is 6.09 Å². The van der Waals surface area contributed by atoms with Crippen molar-refractivity contribution in [2.24, 2.45) is 16.6 Å². The molecule has 0 aliphatic carbocycles. The highest BCUT2D eigenvalue weighted by molar-refractivity contribution is 5.68. The van der Waals surface area contributed by atoms with Crippen LogP contribution in [0.2, 0.25) is 0 Å².